The van der Waals surface area contributed by atoms with Gasteiger partial charge in [0.25, 0.3) is 0 Å². The van der Waals surface area contributed by atoms with Crippen LogP contribution in [0.5, 0.6) is 0 Å². The van der Waals surface area contributed by atoms with E-state index in [9.17, 15) is 5.26 Å². The van der Waals surface area contributed by atoms with Gasteiger partial charge in [0.2, 0.25) is 0 Å². The third-order valence-electron chi connectivity index (χ3n) is 7.16. The maximum Gasteiger partial charge on any atom is 0.196 e. The molecule has 1 saturated heterocycles. The lowest BCUT2D eigenvalue weighted by Gasteiger charge is -2.44. The van der Waals surface area contributed by atoms with Crippen molar-refractivity contribution in [2.45, 2.75) is 64.8 Å². The summed E-state index contributed by atoms with van der Waals surface area (Å²) in [6, 6.07) is 4.24. The smallest absolute Gasteiger partial charge is 0.196 e. The average molecular weight is 483 g/mol. The molecule has 4 rings (SSSR count). The fourth-order valence-electron chi connectivity index (χ4n) is 5.04. The Morgan fingerprint density at radius 3 is 2.85 bits per heavy atom. The quantitative estimate of drug-likeness (QED) is 0.448. The number of aryl methyl sites for hydroxylation is 1. The van der Waals surface area contributed by atoms with Gasteiger partial charge in [-0.05, 0) is 50.8 Å². The molecular weight excluding hydrogens is 444 g/mol. The third-order valence-corrected chi connectivity index (χ3v) is 8.24. The zero-order chi connectivity index (χ0) is 24.9. The molecule has 0 radical (unpaired) electrons. The van der Waals surface area contributed by atoms with Crippen molar-refractivity contribution in [2.75, 3.05) is 43.9 Å². The first-order chi connectivity index (χ1) is 16.4. The van der Waals surface area contributed by atoms with Gasteiger partial charge in [0.1, 0.15) is 16.9 Å². The Balaban J connectivity index is 0.00000158. The summed E-state index contributed by atoms with van der Waals surface area (Å²) in [6.07, 6.45) is 5.78. The van der Waals surface area contributed by atoms with Crippen molar-refractivity contribution in [1.29, 1.82) is 10.7 Å². The summed E-state index contributed by atoms with van der Waals surface area (Å²) in [7, 11) is 1.93. The van der Waals surface area contributed by atoms with Crippen LogP contribution >= 0.6 is 11.3 Å². The molecule has 0 amide bonds. The van der Waals surface area contributed by atoms with Gasteiger partial charge in [-0.2, -0.15) is 5.26 Å². The number of rotatable bonds is 4. The van der Waals surface area contributed by atoms with Gasteiger partial charge in [0, 0.05) is 49.2 Å². The Morgan fingerprint density at radius 2 is 2.12 bits per heavy atom. The Labute approximate surface area is 207 Å². The van der Waals surface area contributed by atoms with E-state index < -0.39 is 0 Å². The molecule has 9 heteroatoms. The normalized spacial score (nSPS) is 20.8. The molecule has 2 aliphatic rings. The van der Waals surface area contributed by atoms with Crippen LogP contribution in [0, 0.1) is 16.7 Å². The predicted octanol–water partition coefficient (Wildman–Crippen LogP) is 3.76. The van der Waals surface area contributed by atoms with Crippen LogP contribution in [0.4, 0.5) is 10.8 Å². The number of aromatic nitrogens is 2. The van der Waals surface area contributed by atoms with E-state index in [2.05, 4.69) is 35.1 Å². The molecule has 8 nitrogen and oxygen atoms in total. The van der Waals surface area contributed by atoms with Crippen molar-refractivity contribution in [3.05, 3.63) is 34.1 Å². The van der Waals surface area contributed by atoms with Gasteiger partial charge in [-0.25, -0.2) is 9.97 Å². The number of hydrogen-bond acceptors (Lipinski definition) is 8. The SMILES string of the molecule is CC.C[C@H](N(C)C(=N)c1nccc(N2CCCNCC2)n1)C1(C)CCCc2sc(N)c(C#N)c21. The van der Waals surface area contributed by atoms with Crippen LogP contribution in [-0.4, -0.2) is 60.0 Å². The van der Waals surface area contributed by atoms with Crippen LogP contribution in [0.1, 0.15) is 68.8 Å². The summed E-state index contributed by atoms with van der Waals surface area (Å²) in [5.41, 5.74) is 7.61. The minimum atomic E-state index is -0.276. The van der Waals surface area contributed by atoms with Crippen molar-refractivity contribution < 1.29 is 0 Å². The molecule has 0 saturated carbocycles. The summed E-state index contributed by atoms with van der Waals surface area (Å²) in [5.74, 6) is 1.59. The molecule has 0 spiro atoms. The zero-order valence-corrected chi connectivity index (χ0v) is 21.9. The molecular formula is C25H38N8S. The monoisotopic (exact) mass is 482 g/mol. The second-order valence-electron chi connectivity index (χ2n) is 8.99. The molecule has 1 aliphatic carbocycles. The highest BCUT2D eigenvalue weighted by Gasteiger charge is 2.43. The van der Waals surface area contributed by atoms with E-state index >= 15 is 0 Å². The second-order valence-corrected chi connectivity index (χ2v) is 10.1. The van der Waals surface area contributed by atoms with Crippen LogP contribution in [0.25, 0.3) is 0 Å². The number of nitrogens with zero attached hydrogens (tertiary/aromatic N) is 5. The molecule has 4 N–H and O–H groups in total. The number of nitrogens with two attached hydrogens (primary N) is 1. The van der Waals surface area contributed by atoms with Gasteiger partial charge < -0.3 is 20.9 Å². The van der Waals surface area contributed by atoms with Crippen LogP contribution in [0.2, 0.25) is 0 Å². The van der Waals surface area contributed by atoms with E-state index in [0.717, 1.165) is 63.2 Å². The number of likely N-dealkylation sites (N-methyl/N-ethyl adjacent to an activating group) is 1. The van der Waals surface area contributed by atoms with E-state index in [1.807, 2.05) is 31.9 Å². The van der Waals surface area contributed by atoms with Crippen LogP contribution in [0.15, 0.2) is 12.3 Å². The van der Waals surface area contributed by atoms with Gasteiger partial charge in [-0.3, -0.25) is 5.41 Å². The van der Waals surface area contributed by atoms with Crippen molar-refractivity contribution >= 4 is 28.0 Å². The van der Waals surface area contributed by atoms with E-state index in [0.29, 0.717) is 22.2 Å². The number of nitrogens with one attached hydrogen (secondary N) is 2. The fourth-order valence-corrected chi connectivity index (χ4v) is 6.24. The van der Waals surface area contributed by atoms with Gasteiger partial charge in [0.05, 0.1) is 5.56 Å². The molecule has 3 heterocycles. The molecule has 184 valence electrons. The Kier molecular flexibility index (Phi) is 8.50. The number of nitrogen functional groups attached to an aromatic ring is 1. The number of fused-ring (bicyclic) bond motifs is 1. The van der Waals surface area contributed by atoms with Gasteiger partial charge in [0.15, 0.2) is 11.7 Å². The van der Waals surface area contributed by atoms with Gasteiger partial charge >= 0.3 is 0 Å². The Hall–Kier alpha value is -2.70. The number of thiophene rings is 1. The lowest BCUT2D eigenvalue weighted by atomic mass is 9.68. The molecule has 1 unspecified atom stereocenters. The second kappa shape index (κ2) is 11.2. The number of anilines is 2. The minimum absolute atomic E-state index is 0.0233. The maximum atomic E-state index is 9.77. The number of hydrogen-bond donors (Lipinski definition) is 3. The highest BCUT2D eigenvalue weighted by molar-refractivity contribution is 7.16. The molecule has 2 atom stereocenters. The largest absolute Gasteiger partial charge is 0.389 e. The number of nitriles is 1. The first-order valence-electron chi connectivity index (χ1n) is 12.3. The van der Waals surface area contributed by atoms with Crippen molar-refractivity contribution in [3.8, 4) is 6.07 Å². The van der Waals surface area contributed by atoms with E-state index in [4.69, 9.17) is 16.1 Å². The van der Waals surface area contributed by atoms with Crippen molar-refractivity contribution in [3.63, 3.8) is 0 Å². The standard InChI is InChI=1S/C23H32N8S.C2H6/c1-15(23(2)8-4-6-17-19(23)16(14-24)21(26)32-17)30(3)20(25)22-28-10-7-18(29-22)31-12-5-9-27-11-13-31;1-2/h7,10,15,25,27H,4-6,8-9,11-13,26H2,1-3H3;1-2H3/t15-,23?;/m0./s1. The molecule has 1 fully saturated rings. The highest BCUT2D eigenvalue weighted by Crippen LogP contribution is 2.48. The lowest BCUT2D eigenvalue weighted by Crippen LogP contribution is -2.50. The fraction of sp³-hybridized carbons (Fsp3) is 0.600. The average Bonchev–Trinajstić information content (AvgIpc) is 3.02. The first-order valence-corrected chi connectivity index (χ1v) is 13.1. The minimum Gasteiger partial charge on any atom is -0.389 e. The first kappa shape index (κ1) is 25.9. The Bertz CT molecular complexity index is 1030. The topological polar surface area (TPSA) is 118 Å². The molecule has 2 aromatic heterocycles. The summed E-state index contributed by atoms with van der Waals surface area (Å²) in [6.45, 7) is 12.1. The van der Waals surface area contributed by atoms with E-state index in [1.54, 1.807) is 17.5 Å². The summed E-state index contributed by atoms with van der Waals surface area (Å²) in [4.78, 5) is 14.6. The molecule has 2 aromatic rings. The van der Waals surface area contributed by atoms with E-state index in [1.165, 1.54) is 4.88 Å². The number of amidine groups is 1. The molecule has 1 aliphatic heterocycles. The third kappa shape index (κ3) is 4.89. The van der Waals surface area contributed by atoms with Gasteiger partial charge in [-0.1, -0.05) is 20.8 Å². The zero-order valence-electron chi connectivity index (χ0n) is 21.1. The van der Waals surface area contributed by atoms with Crippen LogP contribution in [-0.2, 0) is 11.8 Å². The van der Waals surface area contributed by atoms with Crippen LogP contribution in [0.3, 0.4) is 0 Å². The summed E-state index contributed by atoms with van der Waals surface area (Å²) < 4.78 is 0. The Morgan fingerprint density at radius 1 is 1.35 bits per heavy atom. The van der Waals surface area contributed by atoms with Gasteiger partial charge in [-0.15, -0.1) is 11.3 Å². The lowest BCUT2D eigenvalue weighted by molar-refractivity contribution is 0.220. The maximum absolute atomic E-state index is 9.77. The molecule has 0 aromatic carbocycles. The van der Waals surface area contributed by atoms with Crippen molar-refractivity contribution in [1.82, 2.24) is 20.2 Å². The summed E-state index contributed by atoms with van der Waals surface area (Å²) in [5, 5.41) is 22.7. The predicted molar refractivity (Wildman–Crippen MR) is 141 cm³/mol. The van der Waals surface area contributed by atoms with Crippen LogP contribution < -0.4 is 16.0 Å². The highest BCUT2D eigenvalue weighted by atomic mass is 32.1. The van der Waals surface area contributed by atoms with Crippen molar-refractivity contribution in [2.24, 2.45) is 0 Å². The summed E-state index contributed by atoms with van der Waals surface area (Å²) >= 11 is 1.54. The molecule has 0 bridgehead atoms. The van der Waals surface area contributed by atoms with E-state index in [-0.39, 0.29) is 11.5 Å². The molecule has 34 heavy (non-hydrogen) atoms.